The van der Waals surface area contributed by atoms with Crippen LogP contribution in [-0.2, 0) is 11.3 Å². The minimum absolute atomic E-state index is 0.509. The van der Waals surface area contributed by atoms with Crippen LogP contribution in [0.15, 0.2) is 16.8 Å². The van der Waals surface area contributed by atoms with Crippen LogP contribution in [0.3, 0.4) is 0 Å². The summed E-state index contributed by atoms with van der Waals surface area (Å²) in [6, 6.07) is 2.77. The molecule has 0 spiro atoms. The van der Waals surface area contributed by atoms with Gasteiger partial charge in [-0.2, -0.15) is 11.3 Å². The minimum atomic E-state index is -0.578. The van der Waals surface area contributed by atoms with Crippen molar-refractivity contribution in [2.24, 2.45) is 11.3 Å². The Labute approximate surface area is 131 Å². The third kappa shape index (κ3) is 3.49. The highest BCUT2D eigenvalue weighted by Gasteiger charge is 2.44. The van der Waals surface area contributed by atoms with Crippen molar-refractivity contribution >= 4 is 17.3 Å². The van der Waals surface area contributed by atoms with E-state index in [9.17, 15) is 9.90 Å². The molecule has 0 amide bonds. The van der Waals surface area contributed by atoms with E-state index in [1.54, 1.807) is 11.3 Å². The summed E-state index contributed by atoms with van der Waals surface area (Å²) in [5, 5.41) is 14.1. The molecule has 1 aromatic heterocycles. The molecule has 4 heteroatoms. The summed E-state index contributed by atoms with van der Waals surface area (Å²) in [6.45, 7) is 3.89. The standard InChI is InChI=1S/C17H25NO2S/c1-13-4-7-17(8-5-13,16(19)20)12-18(15-2-3-15)10-14-6-9-21-11-14/h6,9,11,13,15H,2-5,7-8,10,12H2,1H3,(H,19,20). The zero-order chi connectivity index (χ0) is 14.9. The molecule has 3 rings (SSSR count). The monoisotopic (exact) mass is 307 g/mol. The van der Waals surface area contributed by atoms with Gasteiger partial charge in [-0.1, -0.05) is 6.92 Å². The van der Waals surface area contributed by atoms with Crippen molar-refractivity contribution in [1.82, 2.24) is 4.90 Å². The molecule has 0 unspecified atom stereocenters. The summed E-state index contributed by atoms with van der Waals surface area (Å²) < 4.78 is 0. The zero-order valence-corrected chi connectivity index (χ0v) is 13.6. The van der Waals surface area contributed by atoms with E-state index in [1.165, 1.54) is 18.4 Å². The smallest absolute Gasteiger partial charge is 0.310 e. The molecule has 2 aliphatic carbocycles. The largest absolute Gasteiger partial charge is 0.481 e. The molecule has 2 aliphatic rings. The van der Waals surface area contributed by atoms with Crippen molar-refractivity contribution in [2.75, 3.05) is 6.54 Å². The molecule has 21 heavy (non-hydrogen) atoms. The van der Waals surface area contributed by atoms with Crippen molar-refractivity contribution in [1.29, 1.82) is 0 Å². The van der Waals surface area contributed by atoms with Gasteiger partial charge in [0.1, 0.15) is 0 Å². The minimum Gasteiger partial charge on any atom is -0.481 e. The Balaban J connectivity index is 1.71. The highest BCUT2D eigenvalue weighted by molar-refractivity contribution is 7.07. The number of aliphatic carboxylic acids is 1. The molecular formula is C17H25NO2S. The van der Waals surface area contributed by atoms with Gasteiger partial charge in [0.25, 0.3) is 0 Å². The number of thiophene rings is 1. The Morgan fingerprint density at radius 2 is 2.10 bits per heavy atom. The van der Waals surface area contributed by atoms with E-state index < -0.39 is 11.4 Å². The Bertz CT molecular complexity index is 473. The molecule has 3 nitrogen and oxygen atoms in total. The molecule has 2 saturated carbocycles. The van der Waals surface area contributed by atoms with E-state index in [4.69, 9.17) is 0 Å². The van der Waals surface area contributed by atoms with Gasteiger partial charge in [-0.25, -0.2) is 0 Å². The first-order chi connectivity index (χ1) is 10.1. The lowest BCUT2D eigenvalue weighted by Crippen LogP contribution is -2.45. The second kappa shape index (κ2) is 6.09. The highest BCUT2D eigenvalue weighted by atomic mass is 32.1. The summed E-state index contributed by atoms with van der Waals surface area (Å²) in [7, 11) is 0. The summed E-state index contributed by atoms with van der Waals surface area (Å²) in [5.41, 5.74) is 0.821. The molecular weight excluding hydrogens is 282 g/mol. The number of hydrogen-bond donors (Lipinski definition) is 1. The Hall–Kier alpha value is -0.870. The molecule has 116 valence electrons. The quantitative estimate of drug-likeness (QED) is 0.864. The first kappa shape index (κ1) is 15.0. The molecule has 2 fully saturated rings. The number of rotatable bonds is 6. The lowest BCUT2D eigenvalue weighted by Gasteiger charge is -2.39. The predicted octanol–water partition coefficient (Wildman–Crippen LogP) is 3.99. The van der Waals surface area contributed by atoms with Crippen LogP contribution in [0.4, 0.5) is 0 Å². The first-order valence-corrected chi connectivity index (χ1v) is 9.02. The molecule has 0 atom stereocenters. The van der Waals surface area contributed by atoms with Crippen LogP contribution < -0.4 is 0 Å². The van der Waals surface area contributed by atoms with Gasteiger partial charge in [0.2, 0.25) is 0 Å². The molecule has 1 aromatic rings. The summed E-state index contributed by atoms with van der Waals surface area (Å²) >= 11 is 1.72. The van der Waals surface area contributed by atoms with Crippen LogP contribution in [0.2, 0.25) is 0 Å². The maximum Gasteiger partial charge on any atom is 0.310 e. The average Bonchev–Trinajstić information content (AvgIpc) is 3.19. The summed E-state index contributed by atoms with van der Waals surface area (Å²) in [6.07, 6.45) is 6.27. The van der Waals surface area contributed by atoms with E-state index in [1.807, 2.05) is 0 Å². The average molecular weight is 307 g/mol. The van der Waals surface area contributed by atoms with Gasteiger partial charge in [-0.05, 0) is 66.8 Å². The first-order valence-electron chi connectivity index (χ1n) is 8.08. The van der Waals surface area contributed by atoms with Crippen molar-refractivity contribution in [3.8, 4) is 0 Å². The van der Waals surface area contributed by atoms with Crippen molar-refractivity contribution in [3.63, 3.8) is 0 Å². The van der Waals surface area contributed by atoms with Crippen LogP contribution in [0.1, 0.15) is 51.0 Å². The molecule has 0 radical (unpaired) electrons. The SMILES string of the molecule is CC1CCC(CN(Cc2ccsc2)C2CC2)(C(=O)O)CC1. The van der Waals surface area contributed by atoms with Crippen molar-refractivity contribution < 1.29 is 9.90 Å². The third-order valence-corrected chi connectivity index (χ3v) is 5.95. The number of hydrogen-bond acceptors (Lipinski definition) is 3. The maximum absolute atomic E-state index is 11.9. The van der Waals surface area contributed by atoms with Crippen LogP contribution in [-0.4, -0.2) is 28.6 Å². The van der Waals surface area contributed by atoms with Crippen molar-refractivity contribution in [3.05, 3.63) is 22.4 Å². The molecule has 0 aromatic carbocycles. The van der Waals surface area contributed by atoms with Crippen molar-refractivity contribution in [2.45, 2.75) is 58.0 Å². The fourth-order valence-corrected chi connectivity index (χ4v) is 4.17. The topological polar surface area (TPSA) is 40.5 Å². The van der Waals surface area contributed by atoms with Crippen LogP contribution in [0, 0.1) is 11.3 Å². The van der Waals surface area contributed by atoms with E-state index in [2.05, 4.69) is 28.7 Å². The number of carboxylic acid groups (broad SMARTS) is 1. The lowest BCUT2D eigenvalue weighted by atomic mass is 9.70. The van der Waals surface area contributed by atoms with Crippen LogP contribution >= 0.6 is 11.3 Å². The highest BCUT2D eigenvalue weighted by Crippen LogP contribution is 2.42. The Morgan fingerprint density at radius 1 is 1.38 bits per heavy atom. The number of nitrogens with zero attached hydrogens (tertiary/aromatic N) is 1. The third-order valence-electron chi connectivity index (χ3n) is 5.22. The van der Waals surface area contributed by atoms with Crippen LogP contribution in [0.25, 0.3) is 0 Å². The van der Waals surface area contributed by atoms with Gasteiger partial charge in [0.15, 0.2) is 0 Å². The van der Waals surface area contributed by atoms with Gasteiger partial charge in [-0.15, -0.1) is 0 Å². The molecule has 1 N–H and O–H groups in total. The van der Waals surface area contributed by atoms with E-state index in [0.717, 1.165) is 38.8 Å². The summed E-state index contributed by atoms with van der Waals surface area (Å²) in [4.78, 5) is 14.4. The van der Waals surface area contributed by atoms with Gasteiger partial charge in [0, 0.05) is 19.1 Å². The van der Waals surface area contributed by atoms with E-state index >= 15 is 0 Å². The molecule has 0 aliphatic heterocycles. The van der Waals surface area contributed by atoms with E-state index in [0.29, 0.717) is 12.0 Å². The Kier molecular flexibility index (Phi) is 4.36. The van der Waals surface area contributed by atoms with Gasteiger partial charge in [-0.3, -0.25) is 9.69 Å². The van der Waals surface area contributed by atoms with E-state index in [-0.39, 0.29) is 0 Å². The lowest BCUT2D eigenvalue weighted by molar-refractivity contribution is -0.153. The number of carboxylic acids is 1. The Morgan fingerprint density at radius 3 is 2.62 bits per heavy atom. The second-order valence-electron chi connectivity index (χ2n) is 7.04. The fraction of sp³-hybridized carbons (Fsp3) is 0.706. The molecule has 0 saturated heterocycles. The van der Waals surface area contributed by atoms with Gasteiger partial charge in [0.05, 0.1) is 5.41 Å². The number of carbonyl (C=O) groups is 1. The summed E-state index contributed by atoms with van der Waals surface area (Å²) in [5.74, 6) is 0.106. The normalized spacial score (nSPS) is 29.7. The van der Waals surface area contributed by atoms with Gasteiger partial charge < -0.3 is 5.11 Å². The predicted molar refractivity (Wildman–Crippen MR) is 85.5 cm³/mol. The maximum atomic E-state index is 11.9. The van der Waals surface area contributed by atoms with Crippen LogP contribution in [0.5, 0.6) is 0 Å². The fourth-order valence-electron chi connectivity index (χ4n) is 3.51. The molecule has 0 bridgehead atoms. The second-order valence-corrected chi connectivity index (χ2v) is 7.82. The zero-order valence-electron chi connectivity index (χ0n) is 12.8. The molecule has 1 heterocycles. The van der Waals surface area contributed by atoms with Gasteiger partial charge >= 0.3 is 5.97 Å².